The van der Waals surface area contributed by atoms with E-state index in [1.54, 1.807) is 7.05 Å². The molecule has 4 nitrogen and oxygen atoms in total. The highest BCUT2D eigenvalue weighted by molar-refractivity contribution is 5.78. The molecule has 0 saturated carbocycles. The zero-order valence-electron chi connectivity index (χ0n) is 4.14. The standard InChI is InChI=1S/C3H9N3O/c1-6-2(4)3(5)7/h2,6H,4H2,1H3,(H2,5,7). The first kappa shape index (κ1) is 6.39. The molecule has 0 bridgehead atoms. The number of rotatable bonds is 2. The third-order valence-corrected chi connectivity index (χ3v) is 0.618. The van der Waals surface area contributed by atoms with Gasteiger partial charge in [0.25, 0.3) is 0 Å². The van der Waals surface area contributed by atoms with Crippen molar-refractivity contribution in [3.05, 3.63) is 0 Å². The molecule has 0 saturated heterocycles. The van der Waals surface area contributed by atoms with Crippen LogP contribution in [-0.2, 0) is 4.79 Å². The van der Waals surface area contributed by atoms with Crippen LogP contribution in [0.3, 0.4) is 0 Å². The van der Waals surface area contributed by atoms with Crippen LogP contribution in [0.4, 0.5) is 0 Å². The lowest BCUT2D eigenvalue weighted by molar-refractivity contribution is -0.119. The predicted molar refractivity (Wildman–Crippen MR) is 26.2 cm³/mol. The highest BCUT2D eigenvalue weighted by atomic mass is 16.1. The molecule has 1 amide bonds. The van der Waals surface area contributed by atoms with Gasteiger partial charge in [0.1, 0.15) is 6.17 Å². The van der Waals surface area contributed by atoms with Crippen molar-refractivity contribution < 1.29 is 4.79 Å². The Bertz CT molecular complexity index is 72.6. The number of hydrogen-bond donors (Lipinski definition) is 3. The summed E-state index contributed by atoms with van der Waals surface area (Å²) in [6.45, 7) is 0. The van der Waals surface area contributed by atoms with Crippen molar-refractivity contribution in [3.8, 4) is 0 Å². The van der Waals surface area contributed by atoms with E-state index in [1.807, 2.05) is 0 Å². The van der Waals surface area contributed by atoms with Crippen molar-refractivity contribution >= 4 is 5.91 Å². The van der Waals surface area contributed by atoms with Gasteiger partial charge in [0.2, 0.25) is 5.91 Å². The molecular weight excluding hydrogens is 94.1 g/mol. The largest absolute Gasteiger partial charge is 0.367 e. The SMILES string of the molecule is CNC(N)C(N)=O. The molecule has 7 heavy (non-hydrogen) atoms. The number of carbonyl (C=O) groups excluding carboxylic acids is 1. The Labute approximate surface area is 41.9 Å². The first-order chi connectivity index (χ1) is 3.18. The van der Waals surface area contributed by atoms with Gasteiger partial charge in [-0.05, 0) is 7.05 Å². The minimum atomic E-state index is -0.708. The molecule has 0 heterocycles. The normalized spacial score (nSPS) is 13.4. The molecule has 1 unspecified atom stereocenters. The average Bonchev–Trinajstić information content (AvgIpc) is 1.65. The van der Waals surface area contributed by atoms with Crippen LogP contribution in [0.1, 0.15) is 0 Å². The molecule has 5 N–H and O–H groups in total. The Morgan fingerprint density at radius 2 is 2.29 bits per heavy atom. The number of amides is 1. The minimum Gasteiger partial charge on any atom is -0.367 e. The highest BCUT2D eigenvalue weighted by Crippen LogP contribution is 1.59. The molecular formula is C3H9N3O. The molecule has 0 rings (SSSR count). The predicted octanol–water partition coefficient (Wildman–Crippen LogP) is -2.02. The van der Waals surface area contributed by atoms with E-state index in [0.29, 0.717) is 0 Å². The van der Waals surface area contributed by atoms with Crippen LogP contribution < -0.4 is 16.8 Å². The quantitative estimate of drug-likeness (QED) is 0.353. The summed E-state index contributed by atoms with van der Waals surface area (Å²) in [5, 5.41) is 2.47. The zero-order valence-corrected chi connectivity index (χ0v) is 4.14. The summed E-state index contributed by atoms with van der Waals surface area (Å²) >= 11 is 0. The van der Waals surface area contributed by atoms with E-state index in [4.69, 9.17) is 11.5 Å². The van der Waals surface area contributed by atoms with Crippen LogP contribution in [0, 0.1) is 0 Å². The fourth-order valence-electron chi connectivity index (χ4n) is 0.142. The van der Waals surface area contributed by atoms with Crippen LogP contribution in [0.25, 0.3) is 0 Å². The second-order valence-corrected chi connectivity index (χ2v) is 1.17. The van der Waals surface area contributed by atoms with Gasteiger partial charge in [-0.25, -0.2) is 0 Å². The first-order valence-corrected chi connectivity index (χ1v) is 1.90. The Morgan fingerprint density at radius 1 is 1.86 bits per heavy atom. The molecule has 0 aromatic carbocycles. The Balaban J connectivity index is 3.34. The number of hydrogen-bond acceptors (Lipinski definition) is 3. The van der Waals surface area contributed by atoms with E-state index in [0.717, 1.165) is 0 Å². The van der Waals surface area contributed by atoms with E-state index >= 15 is 0 Å². The van der Waals surface area contributed by atoms with Crippen molar-refractivity contribution in [1.82, 2.24) is 5.32 Å². The lowest BCUT2D eigenvalue weighted by atomic mass is 10.5. The summed E-state index contributed by atoms with van der Waals surface area (Å²) in [6.07, 6.45) is -0.708. The van der Waals surface area contributed by atoms with Crippen molar-refractivity contribution in [2.24, 2.45) is 11.5 Å². The van der Waals surface area contributed by atoms with E-state index in [-0.39, 0.29) is 0 Å². The van der Waals surface area contributed by atoms with Crippen molar-refractivity contribution in [1.29, 1.82) is 0 Å². The van der Waals surface area contributed by atoms with Gasteiger partial charge in [-0.2, -0.15) is 0 Å². The molecule has 4 heteroatoms. The molecule has 1 atom stereocenters. The number of likely N-dealkylation sites (N-methyl/N-ethyl adjacent to an activating group) is 1. The lowest BCUT2D eigenvalue weighted by Crippen LogP contribution is -2.46. The van der Waals surface area contributed by atoms with Gasteiger partial charge < -0.3 is 11.5 Å². The Kier molecular flexibility index (Phi) is 2.32. The second-order valence-electron chi connectivity index (χ2n) is 1.17. The molecule has 42 valence electrons. The Morgan fingerprint density at radius 3 is 2.29 bits per heavy atom. The molecule has 0 aromatic rings. The van der Waals surface area contributed by atoms with E-state index < -0.39 is 12.1 Å². The number of carbonyl (C=O) groups is 1. The summed E-state index contributed by atoms with van der Waals surface area (Å²) in [6, 6.07) is 0. The van der Waals surface area contributed by atoms with E-state index in [9.17, 15) is 4.79 Å². The van der Waals surface area contributed by atoms with Gasteiger partial charge in [0.05, 0.1) is 0 Å². The maximum atomic E-state index is 9.97. The zero-order chi connectivity index (χ0) is 5.86. The summed E-state index contributed by atoms with van der Waals surface area (Å²) in [5.74, 6) is -0.539. The Hall–Kier alpha value is -0.610. The number of nitrogens with two attached hydrogens (primary N) is 2. The number of nitrogens with one attached hydrogen (secondary N) is 1. The molecule has 0 radical (unpaired) electrons. The molecule has 0 aliphatic rings. The van der Waals surface area contributed by atoms with Crippen LogP contribution in [0.2, 0.25) is 0 Å². The number of primary amides is 1. The molecule has 0 spiro atoms. The van der Waals surface area contributed by atoms with Crippen LogP contribution >= 0.6 is 0 Å². The topological polar surface area (TPSA) is 81.1 Å². The third-order valence-electron chi connectivity index (χ3n) is 0.618. The van der Waals surface area contributed by atoms with Crippen LogP contribution in [-0.4, -0.2) is 19.1 Å². The molecule has 0 fully saturated rings. The highest BCUT2D eigenvalue weighted by Gasteiger charge is 2.01. The van der Waals surface area contributed by atoms with E-state index in [1.165, 1.54) is 0 Å². The smallest absolute Gasteiger partial charge is 0.249 e. The average molecular weight is 103 g/mol. The van der Waals surface area contributed by atoms with Gasteiger partial charge in [0, 0.05) is 0 Å². The molecule has 0 aromatic heterocycles. The van der Waals surface area contributed by atoms with Gasteiger partial charge >= 0.3 is 0 Å². The third kappa shape index (κ3) is 2.13. The second kappa shape index (κ2) is 2.54. The van der Waals surface area contributed by atoms with Crippen LogP contribution in [0.15, 0.2) is 0 Å². The molecule has 0 aliphatic heterocycles. The van der Waals surface area contributed by atoms with Crippen LogP contribution in [0.5, 0.6) is 0 Å². The fourth-order valence-corrected chi connectivity index (χ4v) is 0.142. The summed E-state index contributed by atoms with van der Waals surface area (Å²) < 4.78 is 0. The fraction of sp³-hybridized carbons (Fsp3) is 0.667. The summed E-state index contributed by atoms with van der Waals surface area (Å²) in [5.41, 5.74) is 9.75. The van der Waals surface area contributed by atoms with Gasteiger partial charge in [-0.1, -0.05) is 0 Å². The lowest BCUT2D eigenvalue weighted by Gasteiger charge is -2.01. The van der Waals surface area contributed by atoms with Crippen molar-refractivity contribution in [2.75, 3.05) is 7.05 Å². The van der Waals surface area contributed by atoms with E-state index in [2.05, 4.69) is 5.32 Å². The summed E-state index contributed by atoms with van der Waals surface area (Å²) in [7, 11) is 1.56. The maximum Gasteiger partial charge on any atom is 0.249 e. The van der Waals surface area contributed by atoms with Crippen molar-refractivity contribution in [3.63, 3.8) is 0 Å². The van der Waals surface area contributed by atoms with Gasteiger partial charge in [0.15, 0.2) is 0 Å². The van der Waals surface area contributed by atoms with Gasteiger partial charge in [-0.15, -0.1) is 0 Å². The van der Waals surface area contributed by atoms with Gasteiger partial charge in [-0.3, -0.25) is 10.1 Å². The monoisotopic (exact) mass is 103 g/mol. The summed E-state index contributed by atoms with van der Waals surface area (Å²) in [4.78, 5) is 9.97. The minimum absolute atomic E-state index is 0.539. The molecule has 0 aliphatic carbocycles. The maximum absolute atomic E-state index is 9.97. The van der Waals surface area contributed by atoms with Crippen molar-refractivity contribution in [2.45, 2.75) is 6.17 Å². The first-order valence-electron chi connectivity index (χ1n) is 1.90.